The lowest BCUT2D eigenvalue weighted by Gasteiger charge is -2.31. The molecule has 184 valence electrons. The third kappa shape index (κ3) is 6.00. The molecule has 35 heavy (non-hydrogen) atoms. The van der Waals surface area contributed by atoms with Crippen LogP contribution in [-0.4, -0.2) is 30.3 Å². The Morgan fingerprint density at radius 1 is 1.09 bits per heavy atom. The number of amides is 3. The van der Waals surface area contributed by atoms with Crippen LogP contribution < -0.4 is 15.5 Å². The minimum atomic E-state index is -0.997. The second kappa shape index (κ2) is 11.4. The van der Waals surface area contributed by atoms with Crippen molar-refractivity contribution in [1.82, 2.24) is 10.6 Å². The summed E-state index contributed by atoms with van der Waals surface area (Å²) < 4.78 is 5.87. The molecule has 1 aliphatic carbocycles. The summed E-state index contributed by atoms with van der Waals surface area (Å²) in [5, 5.41) is 7.63. The zero-order chi connectivity index (χ0) is 24.8. The summed E-state index contributed by atoms with van der Waals surface area (Å²) in [6.45, 7) is 3.61. The topological polar surface area (TPSA) is 91.7 Å². The van der Waals surface area contributed by atoms with Crippen LogP contribution in [0.4, 0.5) is 5.69 Å². The van der Waals surface area contributed by atoms with Crippen LogP contribution in [0.5, 0.6) is 0 Å². The molecule has 0 aliphatic heterocycles. The second-order valence-corrected chi connectivity index (χ2v) is 9.73. The molecule has 1 fully saturated rings. The van der Waals surface area contributed by atoms with Gasteiger partial charge in [0.1, 0.15) is 11.5 Å². The van der Waals surface area contributed by atoms with Gasteiger partial charge in [0.25, 0.3) is 11.8 Å². The molecule has 7 nitrogen and oxygen atoms in total. The minimum absolute atomic E-state index is 0.0824. The highest BCUT2D eigenvalue weighted by Crippen LogP contribution is 2.30. The van der Waals surface area contributed by atoms with E-state index in [0.29, 0.717) is 22.1 Å². The fourth-order valence-electron chi connectivity index (χ4n) is 4.39. The summed E-state index contributed by atoms with van der Waals surface area (Å²) in [5.41, 5.74) is 1.69. The van der Waals surface area contributed by atoms with Crippen molar-refractivity contribution < 1.29 is 18.8 Å². The van der Waals surface area contributed by atoms with Crippen molar-refractivity contribution in [2.75, 3.05) is 11.4 Å². The van der Waals surface area contributed by atoms with Gasteiger partial charge in [-0.05, 0) is 67.5 Å². The first-order valence-electron chi connectivity index (χ1n) is 12.1. The number of carbonyl (C=O) groups excluding carboxylic acids is 3. The highest BCUT2D eigenvalue weighted by Gasteiger charge is 2.36. The first kappa shape index (κ1) is 24.7. The monoisotopic (exact) mass is 493 g/mol. The molecule has 3 amide bonds. The normalized spacial score (nSPS) is 14.5. The van der Waals surface area contributed by atoms with Gasteiger partial charge in [-0.25, -0.2) is 0 Å². The zero-order valence-corrected chi connectivity index (χ0v) is 20.9. The van der Waals surface area contributed by atoms with Gasteiger partial charge >= 0.3 is 0 Å². The Balaban J connectivity index is 1.66. The summed E-state index contributed by atoms with van der Waals surface area (Å²) >= 11 is 1.30. The molecule has 0 saturated heterocycles. The van der Waals surface area contributed by atoms with Crippen LogP contribution in [-0.2, 0) is 16.0 Å². The Bertz CT molecular complexity index is 1150. The van der Waals surface area contributed by atoms with Gasteiger partial charge in [-0.1, -0.05) is 38.0 Å². The molecular weight excluding hydrogens is 462 g/mol. The van der Waals surface area contributed by atoms with E-state index in [4.69, 9.17) is 4.42 Å². The molecule has 1 aliphatic rings. The quantitative estimate of drug-likeness (QED) is 0.449. The van der Waals surface area contributed by atoms with Crippen LogP contribution in [0.15, 0.2) is 58.3 Å². The number of carbonyl (C=O) groups is 3. The highest BCUT2D eigenvalue weighted by molar-refractivity contribution is 7.12. The van der Waals surface area contributed by atoms with E-state index in [1.54, 1.807) is 36.6 Å². The van der Waals surface area contributed by atoms with E-state index in [9.17, 15) is 14.4 Å². The van der Waals surface area contributed by atoms with Crippen LogP contribution >= 0.6 is 11.3 Å². The fourth-order valence-corrected chi connectivity index (χ4v) is 5.03. The van der Waals surface area contributed by atoms with E-state index >= 15 is 0 Å². The lowest BCUT2D eigenvalue weighted by Crippen LogP contribution is -2.49. The predicted molar refractivity (Wildman–Crippen MR) is 137 cm³/mol. The maximum absolute atomic E-state index is 13.6. The number of hydrogen-bond donors (Lipinski definition) is 2. The largest absolute Gasteiger partial charge is 0.464 e. The van der Waals surface area contributed by atoms with Crippen molar-refractivity contribution in [3.8, 4) is 0 Å². The van der Waals surface area contributed by atoms with Crippen molar-refractivity contribution in [3.05, 3.63) is 75.9 Å². The second-order valence-electron chi connectivity index (χ2n) is 8.78. The molecule has 4 rings (SSSR count). The third-order valence-electron chi connectivity index (χ3n) is 6.28. The predicted octanol–water partition coefficient (Wildman–Crippen LogP) is 4.78. The van der Waals surface area contributed by atoms with E-state index in [1.807, 2.05) is 24.3 Å². The van der Waals surface area contributed by atoms with Gasteiger partial charge in [-0.3, -0.25) is 19.3 Å². The summed E-state index contributed by atoms with van der Waals surface area (Å²) in [5.74, 6) is 0.0212. The molecule has 2 heterocycles. The van der Waals surface area contributed by atoms with Gasteiger partial charge in [0.15, 0.2) is 6.04 Å². The van der Waals surface area contributed by atoms with Gasteiger partial charge in [0.05, 0.1) is 11.4 Å². The number of furan rings is 1. The number of anilines is 1. The molecule has 2 aromatic heterocycles. The van der Waals surface area contributed by atoms with Gasteiger partial charge in [-0.15, -0.1) is 11.3 Å². The van der Waals surface area contributed by atoms with Gasteiger partial charge < -0.3 is 15.1 Å². The standard InChI is InChI=1S/C27H31N3O4S/c1-3-19-11-13-21(14-12-19)30(24(31)17-28-26(32)23-9-6-16-35-23)25(22-15-10-18(2)34-22)27(33)29-20-7-4-5-8-20/h6,9-16,20,25H,3-5,7-8,17H2,1-2H3,(H,28,32)(H,29,33). The van der Waals surface area contributed by atoms with Crippen LogP contribution in [0.2, 0.25) is 0 Å². The van der Waals surface area contributed by atoms with Gasteiger partial charge in [-0.2, -0.15) is 0 Å². The summed E-state index contributed by atoms with van der Waals surface area (Å²) in [6.07, 6.45) is 4.85. The Morgan fingerprint density at radius 2 is 1.83 bits per heavy atom. The molecule has 0 radical (unpaired) electrons. The van der Waals surface area contributed by atoms with E-state index < -0.39 is 11.9 Å². The average Bonchev–Trinajstić information content (AvgIpc) is 3.64. The summed E-state index contributed by atoms with van der Waals surface area (Å²) in [6, 6.07) is 13.7. The first-order chi connectivity index (χ1) is 17.0. The van der Waals surface area contributed by atoms with Crippen molar-refractivity contribution >= 4 is 34.7 Å². The van der Waals surface area contributed by atoms with Gasteiger partial charge in [0, 0.05) is 11.7 Å². The Hall–Kier alpha value is -3.39. The lowest BCUT2D eigenvalue weighted by atomic mass is 10.1. The minimum Gasteiger partial charge on any atom is -0.464 e. The van der Waals surface area contributed by atoms with E-state index in [-0.39, 0.29) is 24.4 Å². The Kier molecular flexibility index (Phi) is 8.02. The number of thiophene rings is 1. The number of hydrogen-bond acceptors (Lipinski definition) is 5. The van der Waals surface area contributed by atoms with Crippen molar-refractivity contribution in [2.24, 2.45) is 0 Å². The highest BCUT2D eigenvalue weighted by atomic mass is 32.1. The van der Waals surface area contributed by atoms with Crippen LogP contribution in [0.25, 0.3) is 0 Å². The van der Waals surface area contributed by atoms with Crippen LogP contribution in [0.3, 0.4) is 0 Å². The Morgan fingerprint density at radius 3 is 2.43 bits per heavy atom. The van der Waals surface area contributed by atoms with E-state index in [0.717, 1.165) is 37.7 Å². The summed E-state index contributed by atoms with van der Waals surface area (Å²) in [4.78, 5) is 41.7. The zero-order valence-electron chi connectivity index (χ0n) is 20.1. The third-order valence-corrected chi connectivity index (χ3v) is 7.14. The fraction of sp³-hybridized carbons (Fsp3) is 0.370. The molecule has 2 N–H and O–H groups in total. The van der Waals surface area contributed by atoms with Crippen LogP contribution in [0.1, 0.15) is 65.4 Å². The average molecular weight is 494 g/mol. The van der Waals surface area contributed by atoms with E-state index in [2.05, 4.69) is 17.6 Å². The molecule has 0 spiro atoms. The molecule has 0 bridgehead atoms. The first-order valence-corrected chi connectivity index (χ1v) is 12.9. The number of rotatable bonds is 9. The maximum Gasteiger partial charge on any atom is 0.261 e. The van der Waals surface area contributed by atoms with E-state index in [1.165, 1.54) is 16.2 Å². The maximum atomic E-state index is 13.6. The summed E-state index contributed by atoms with van der Waals surface area (Å²) in [7, 11) is 0. The number of benzene rings is 1. The molecule has 8 heteroatoms. The lowest BCUT2D eigenvalue weighted by molar-refractivity contribution is -0.127. The van der Waals surface area contributed by atoms with Crippen molar-refractivity contribution in [2.45, 2.75) is 58.0 Å². The number of nitrogens with one attached hydrogen (secondary N) is 2. The molecule has 1 atom stereocenters. The van der Waals surface area contributed by atoms with Crippen molar-refractivity contribution in [1.29, 1.82) is 0 Å². The smallest absolute Gasteiger partial charge is 0.261 e. The van der Waals surface area contributed by atoms with Gasteiger partial charge in [0.2, 0.25) is 5.91 Å². The number of aryl methyl sites for hydroxylation is 2. The number of nitrogens with zero attached hydrogens (tertiary/aromatic N) is 1. The molecule has 1 aromatic carbocycles. The molecular formula is C27H31N3O4S. The SMILES string of the molecule is CCc1ccc(N(C(=O)CNC(=O)c2cccs2)C(C(=O)NC2CCCC2)c2ccc(C)o2)cc1. The van der Waals surface area contributed by atoms with Crippen LogP contribution in [0, 0.1) is 6.92 Å². The Labute approximate surface area is 209 Å². The molecule has 1 unspecified atom stereocenters. The molecule has 1 saturated carbocycles. The van der Waals surface area contributed by atoms with Crippen molar-refractivity contribution in [3.63, 3.8) is 0 Å². The molecule has 3 aromatic rings.